The van der Waals surface area contributed by atoms with E-state index in [4.69, 9.17) is 12.2 Å². The Balaban J connectivity index is 1.72. The number of hydrogen-bond donors (Lipinski definition) is 4. The van der Waals surface area contributed by atoms with E-state index >= 15 is 0 Å². The summed E-state index contributed by atoms with van der Waals surface area (Å²) in [6, 6.07) is 7.93. The summed E-state index contributed by atoms with van der Waals surface area (Å²) in [6.07, 6.45) is -0.145. The van der Waals surface area contributed by atoms with Gasteiger partial charge in [-0.1, -0.05) is 23.9 Å². The Hall–Kier alpha value is -1.10. The van der Waals surface area contributed by atoms with Crippen LogP contribution in [0.5, 0.6) is 0 Å². The molecule has 4 N–H and O–H groups in total. The maximum absolute atomic E-state index is 10.3. The number of aromatic nitrogens is 2. The van der Waals surface area contributed by atoms with Gasteiger partial charge in [0.1, 0.15) is 17.3 Å². The lowest BCUT2D eigenvalue weighted by atomic mass is 10.1. The Morgan fingerprint density at radius 1 is 1.21 bits per heavy atom. The van der Waals surface area contributed by atoms with Crippen LogP contribution in [0.1, 0.15) is 5.37 Å². The van der Waals surface area contributed by atoms with Crippen LogP contribution in [-0.4, -0.2) is 48.9 Å². The molecule has 24 heavy (non-hydrogen) atoms. The molecule has 0 amide bonds. The minimum absolute atomic E-state index is 0.200. The van der Waals surface area contributed by atoms with E-state index in [0.29, 0.717) is 10.6 Å². The lowest BCUT2D eigenvalue weighted by molar-refractivity contribution is 0.0103. The molecule has 4 atom stereocenters. The Morgan fingerprint density at radius 3 is 2.75 bits per heavy atom. The maximum atomic E-state index is 10.3. The van der Waals surface area contributed by atoms with Gasteiger partial charge in [0, 0.05) is 11.1 Å². The van der Waals surface area contributed by atoms with Gasteiger partial charge in [-0.05, 0) is 24.4 Å². The molecule has 6 nitrogen and oxygen atoms in total. The van der Waals surface area contributed by atoms with Gasteiger partial charge in [-0.25, -0.2) is 4.98 Å². The van der Waals surface area contributed by atoms with Crippen molar-refractivity contribution in [1.29, 1.82) is 0 Å². The van der Waals surface area contributed by atoms with Crippen LogP contribution >= 0.6 is 35.7 Å². The molecule has 0 bridgehead atoms. The summed E-state index contributed by atoms with van der Waals surface area (Å²) in [4.78, 5) is 6.43. The number of para-hydroxylation sites is 1. The predicted octanol–water partition coefficient (Wildman–Crippen LogP) is 2.15. The lowest BCUT2D eigenvalue weighted by Gasteiger charge is -2.24. The molecule has 4 rings (SSSR count). The second-order valence-electron chi connectivity index (χ2n) is 5.60. The molecule has 126 valence electrons. The van der Waals surface area contributed by atoms with Gasteiger partial charge in [0.2, 0.25) is 4.77 Å². The molecular formula is C15H15N3O3S3. The van der Waals surface area contributed by atoms with Gasteiger partial charge in [-0.3, -0.25) is 0 Å². The van der Waals surface area contributed by atoms with Crippen LogP contribution in [0.2, 0.25) is 0 Å². The van der Waals surface area contributed by atoms with Crippen LogP contribution in [-0.2, 0) is 0 Å². The highest BCUT2D eigenvalue weighted by molar-refractivity contribution is 8.00. The predicted molar refractivity (Wildman–Crippen MR) is 96.4 cm³/mol. The summed E-state index contributed by atoms with van der Waals surface area (Å²) in [6.45, 7) is -0.200. The molecular weight excluding hydrogens is 366 g/mol. The van der Waals surface area contributed by atoms with Crippen molar-refractivity contribution in [3.05, 3.63) is 35.2 Å². The molecule has 0 saturated carbocycles. The van der Waals surface area contributed by atoms with Crippen molar-refractivity contribution in [3.63, 3.8) is 0 Å². The van der Waals surface area contributed by atoms with Gasteiger partial charge >= 0.3 is 0 Å². The Bertz CT molecular complexity index is 844. The molecule has 1 saturated heterocycles. The average molecular weight is 382 g/mol. The molecule has 0 aliphatic carbocycles. The molecule has 0 spiro atoms. The van der Waals surface area contributed by atoms with Crippen LogP contribution in [0, 0.1) is 4.77 Å². The van der Waals surface area contributed by atoms with Gasteiger partial charge in [0.05, 0.1) is 28.5 Å². The number of rotatable bonds is 2. The number of hydrogen-bond acceptors (Lipinski definition) is 8. The number of nitrogens with one attached hydrogen (secondary N) is 1. The monoisotopic (exact) mass is 381 g/mol. The van der Waals surface area contributed by atoms with E-state index in [0.717, 1.165) is 15.5 Å². The topological polar surface area (TPSA) is 90.5 Å². The minimum Gasteiger partial charge on any atom is -0.395 e. The second kappa shape index (κ2) is 6.32. The van der Waals surface area contributed by atoms with Gasteiger partial charge in [-0.15, -0.1) is 11.8 Å². The number of aliphatic hydroxyl groups excluding tert-OH is 3. The molecule has 0 radical (unpaired) electrons. The fraction of sp³-hybridized carbons (Fsp3) is 0.333. The first-order valence-electron chi connectivity index (χ1n) is 7.38. The molecule has 2 aromatic rings. The van der Waals surface area contributed by atoms with Crippen LogP contribution in [0.3, 0.4) is 0 Å². The third-order valence-electron chi connectivity index (χ3n) is 4.07. The van der Waals surface area contributed by atoms with Gasteiger partial charge in [-0.2, -0.15) is 0 Å². The number of benzene rings is 1. The first-order valence-corrected chi connectivity index (χ1v) is 9.55. The zero-order valence-corrected chi connectivity index (χ0v) is 14.8. The molecule has 1 fully saturated rings. The molecule has 3 heterocycles. The van der Waals surface area contributed by atoms with Crippen molar-refractivity contribution < 1.29 is 15.3 Å². The average Bonchev–Trinajstić information content (AvgIpc) is 2.87. The van der Waals surface area contributed by atoms with Crippen LogP contribution in [0.15, 0.2) is 40.3 Å². The van der Waals surface area contributed by atoms with Crippen molar-refractivity contribution in [3.8, 4) is 0 Å². The zero-order valence-electron chi connectivity index (χ0n) is 12.4. The fourth-order valence-electron chi connectivity index (χ4n) is 2.81. The quantitative estimate of drug-likeness (QED) is 0.502. The zero-order chi connectivity index (χ0) is 16.8. The number of fused-ring (bicyclic) bond motifs is 2. The highest BCUT2D eigenvalue weighted by atomic mass is 32.2. The van der Waals surface area contributed by atoms with Gasteiger partial charge < -0.3 is 25.2 Å². The van der Waals surface area contributed by atoms with Crippen molar-refractivity contribution >= 4 is 47.2 Å². The highest BCUT2D eigenvalue weighted by Gasteiger charge is 2.43. The standard InChI is InChI=1S/C15H15N3O3S3/c19-6-10-11(20)12(21)14(24-10)18-5-9-13(17-15(18)22)16-7-3-1-2-4-8(7)23-9/h1-5,10-12,14,19-21H,6H2,(H,16,17,22)/t10-,11?,12?,14-/m1/s1. The van der Waals surface area contributed by atoms with Crippen LogP contribution in [0.4, 0.5) is 11.5 Å². The number of thioether (sulfide) groups is 1. The van der Waals surface area contributed by atoms with E-state index < -0.39 is 22.8 Å². The van der Waals surface area contributed by atoms with E-state index in [1.807, 2.05) is 30.5 Å². The third-order valence-corrected chi connectivity index (χ3v) is 7.03. The van der Waals surface area contributed by atoms with E-state index in [1.54, 1.807) is 16.3 Å². The van der Waals surface area contributed by atoms with Crippen molar-refractivity contribution in [2.24, 2.45) is 0 Å². The molecule has 9 heteroatoms. The third kappa shape index (κ3) is 2.65. The second-order valence-corrected chi connectivity index (χ2v) is 8.41. The molecule has 1 aromatic heterocycles. The summed E-state index contributed by atoms with van der Waals surface area (Å²) in [5.41, 5.74) is 0.987. The summed E-state index contributed by atoms with van der Waals surface area (Å²) >= 11 is 8.26. The first-order chi connectivity index (χ1) is 11.6. The smallest absolute Gasteiger partial charge is 0.202 e. The molecule has 2 aliphatic rings. The molecule has 2 unspecified atom stereocenters. The fourth-order valence-corrected chi connectivity index (χ4v) is 5.49. The Kier molecular flexibility index (Phi) is 4.31. The van der Waals surface area contributed by atoms with E-state index in [1.165, 1.54) is 11.8 Å². The van der Waals surface area contributed by atoms with Crippen molar-refractivity contribution in [1.82, 2.24) is 9.55 Å². The van der Waals surface area contributed by atoms with Crippen LogP contribution in [0.25, 0.3) is 0 Å². The summed E-state index contributed by atoms with van der Waals surface area (Å²) < 4.78 is 2.02. The van der Waals surface area contributed by atoms with Crippen molar-refractivity contribution in [2.75, 3.05) is 11.9 Å². The number of anilines is 2. The summed E-state index contributed by atoms with van der Waals surface area (Å²) in [5.74, 6) is 0.691. The Morgan fingerprint density at radius 2 is 2.00 bits per heavy atom. The number of aliphatic hydroxyl groups is 3. The largest absolute Gasteiger partial charge is 0.395 e. The Labute approximate surface area is 151 Å². The van der Waals surface area contributed by atoms with Gasteiger partial charge in [0.15, 0.2) is 0 Å². The minimum atomic E-state index is -1.01. The van der Waals surface area contributed by atoms with E-state index in [9.17, 15) is 15.3 Å². The van der Waals surface area contributed by atoms with E-state index in [-0.39, 0.29) is 6.61 Å². The molecule has 1 aromatic carbocycles. The number of nitrogens with zero attached hydrogens (tertiary/aromatic N) is 2. The highest BCUT2D eigenvalue weighted by Crippen LogP contribution is 2.46. The van der Waals surface area contributed by atoms with Gasteiger partial charge in [0.25, 0.3) is 0 Å². The maximum Gasteiger partial charge on any atom is 0.202 e. The summed E-state index contributed by atoms with van der Waals surface area (Å²) in [5, 5.41) is 32.0. The first kappa shape index (κ1) is 16.4. The lowest BCUT2D eigenvalue weighted by Crippen LogP contribution is -2.33. The van der Waals surface area contributed by atoms with E-state index in [2.05, 4.69) is 10.3 Å². The SMILES string of the molecule is OC[C@H]1S[C@@H](n2cc3c(nc2=S)Nc2ccccc2S3)C(O)C1O. The van der Waals surface area contributed by atoms with Crippen molar-refractivity contribution in [2.45, 2.75) is 32.6 Å². The van der Waals surface area contributed by atoms with Crippen LogP contribution < -0.4 is 5.32 Å². The normalized spacial score (nSPS) is 28.1. The summed E-state index contributed by atoms with van der Waals surface area (Å²) in [7, 11) is 0. The molecule has 2 aliphatic heterocycles.